The standard InChI is InChI=1S/C66H42N4.C36H26N4.C18N12/c1-7-28-59-51(22-1)52-23-2-8-29-60(52)67(59)47-18-13-16-43(38-47)45-34-36-65-57(40-45)55-26-5-11-32-63(55)69(65)49-20-15-21-50(42-49)70-64-33-12-6-27-56(64)58-41-46(35-37-66(58)70)44-17-14-19-48(39-44)68-61-30-9-3-24-53(61)54-25-4-10-31-62(54)68;1-23-21-25(39-31-11-5-3-9-29(31)35-33(39)13-7-19-37-35)15-17-27(23)28-18-16-26(22-24(28)2)40-32-12-6-4-10-30(32)36-34(40)14-8-20-38-36;1-22-16-9(6-21)27-12-10-11(26-8(5-20)7(4-19)25-10)14-15(13(12)28-16)30-18(24-3)17(23-2)29-14/h1-42H;3-22H,1-2H3;. The first-order valence-electron chi connectivity index (χ1n) is 45.4. The first kappa shape index (κ1) is 81.6. The normalized spacial score (nSPS) is 11.5. The summed E-state index contributed by atoms with van der Waals surface area (Å²) in [5, 5.41) is 40.2. The van der Waals surface area contributed by atoms with Crippen LogP contribution in [0.15, 0.2) is 376 Å². The van der Waals surface area contributed by atoms with Crippen LogP contribution in [0.5, 0.6) is 0 Å². The van der Waals surface area contributed by atoms with Crippen molar-refractivity contribution in [1.82, 2.24) is 67.3 Å². The van der Waals surface area contributed by atoms with Crippen LogP contribution in [0.4, 0.5) is 17.5 Å². The highest BCUT2D eigenvalue weighted by Crippen LogP contribution is 2.45. The van der Waals surface area contributed by atoms with Crippen molar-refractivity contribution in [2.24, 2.45) is 0 Å². The van der Waals surface area contributed by atoms with E-state index in [9.17, 15) is 15.8 Å². The summed E-state index contributed by atoms with van der Waals surface area (Å²) < 4.78 is 14.3. The van der Waals surface area contributed by atoms with E-state index < -0.39 is 0 Å². The average Bonchev–Trinajstić information content (AvgIpc) is 1.60. The molecule has 0 unspecified atom stereocenters. The molecule has 0 saturated carbocycles. The minimum Gasteiger partial charge on any atom is -0.370 e. The number of pyridine rings is 2. The molecule has 0 aliphatic heterocycles. The Bertz CT molecular complexity index is 9300. The fourth-order valence-electron chi connectivity index (χ4n) is 20.7. The summed E-state index contributed by atoms with van der Waals surface area (Å²) in [4.78, 5) is 43.7. The fourth-order valence-corrected chi connectivity index (χ4v) is 20.7. The fraction of sp³-hybridized carbons (Fsp3) is 0.0167. The van der Waals surface area contributed by atoms with Crippen molar-refractivity contribution in [3.8, 4) is 85.7 Å². The lowest BCUT2D eigenvalue weighted by Crippen LogP contribution is -2.02. The molecule has 20 heteroatoms. The van der Waals surface area contributed by atoms with Crippen LogP contribution < -0.4 is 0 Å². The topological polar surface area (TPSA) is 217 Å². The van der Waals surface area contributed by atoms with Crippen LogP contribution >= 0.6 is 0 Å². The second kappa shape index (κ2) is 32.8. The Labute approximate surface area is 797 Å². The SMILES string of the molecule is Cc1cc(-n2c3ccccc3c3ncccc32)ccc1-c1ccc(-n2c3ccccc3c3ncccc32)cc1C.[C-]#[N+]c1nc2c(nc1C#N)c1nc(C#N)c(C#N)nc1c1nc([N+]#[C-])c([N+]#[C-])nc21.c1cc(-c2ccc3c(c2)c2ccccc2n3-c2cccc(-n3c4ccccc4c4cc(-c5cccc(-n6c7ccccc7c7ccccc76)c5)ccc43)c2)cc(-n2c3ccccc3c3ccccc32)c1. The quantitative estimate of drug-likeness (QED) is 0.0978. The van der Waals surface area contributed by atoms with Gasteiger partial charge in [0.25, 0.3) is 17.2 Å². The molecule has 16 aromatic carbocycles. The van der Waals surface area contributed by atoms with Crippen molar-refractivity contribution < 1.29 is 0 Å². The zero-order valence-corrected chi connectivity index (χ0v) is 74.7. The number of aryl methyl sites for hydroxylation is 2. The highest BCUT2D eigenvalue weighted by Gasteiger charge is 2.30. The number of fused-ring (bicyclic) bond motifs is 24. The van der Waals surface area contributed by atoms with E-state index in [1.807, 2.05) is 24.5 Å². The molecule has 0 radical (unpaired) electrons. The molecule has 11 aromatic heterocycles. The van der Waals surface area contributed by atoms with E-state index in [1.165, 1.54) is 154 Å². The molecule has 0 bridgehead atoms. The minimum atomic E-state index is -0.298. The monoisotopic (exact) mass is 1790 g/mol. The van der Waals surface area contributed by atoms with Crippen molar-refractivity contribution in [3.05, 3.63) is 439 Å². The third-order valence-corrected chi connectivity index (χ3v) is 26.7. The van der Waals surface area contributed by atoms with Gasteiger partial charge in [-0.25, -0.2) is 15.0 Å². The van der Waals surface area contributed by atoms with E-state index in [1.54, 1.807) is 18.2 Å². The average molecular weight is 1790 g/mol. The maximum atomic E-state index is 9.30. The van der Waals surface area contributed by atoms with Gasteiger partial charge in [-0.1, -0.05) is 220 Å². The van der Waals surface area contributed by atoms with E-state index in [4.69, 9.17) is 29.7 Å². The molecule has 0 fully saturated rings. The predicted octanol–water partition coefficient (Wildman–Crippen LogP) is 29.1. The van der Waals surface area contributed by atoms with Crippen LogP contribution in [0.25, 0.3) is 246 Å². The summed E-state index contributed by atoms with van der Waals surface area (Å²) in [5.41, 5.74) is 31.9. The van der Waals surface area contributed by atoms with Crippen LogP contribution in [0.1, 0.15) is 28.2 Å². The third kappa shape index (κ3) is 12.9. The molecule has 140 heavy (non-hydrogen) atoms. The van der Waals surface area contributed by atoms with Crippen LogP contribution in [-0.4, -0.2) is 67.3 Å². The molecule has 0 aliphatic carbocycles. The molecule has 20 nitrogen and oxygen atoms in total. The van der Waals surface area contributed by atoms with E-state index in [2.05, 4.69) is 438 Å². The zero-order valence-electron chi connectivity index (χ0n) is 74.7. The second-order valence-electron chi connectivity index (χ2n) is 34.4. The number of hydrogen-bond acceptors (Lipinski definition) is 11. The lowest BCUT2D eigenvalue weighted by molar-refractivity contribution is 1.13. The van der Waals surface area contributed by atoms with Gasteiger partial charge in [0.15, 0.2) is 17.1 Å². The number of para-hydroxylation sites is 8. The first-order chi connectivity index (χ1) is 69.0. The zero-order chi connectivity index (χ0) is 94.1. The summed E-state index contributed by atoms with van der Waals surface area (Å²) in [6, 6.07) is 138. The Morgan fingerprint density at radius 2 is 0.479 bits per heavy atom. The van der Waals surface area contributed by atoms with E-state index >= 15 is 0 Å². The Hall–Kier alpha value is -20.4. The lowest BCUT2D eigenvalue weighted by Gasteiger charge is -2.15. The molecule has 0 N–H and O–H groups in total. The summed E-state index contributed by atoms with van der Waals surface area (Å²) in [6.45, 7) is 26.1. The Morgan fingerprint density at radius 3 is 0.821 bits per heavy atom. The number of hydrogen-bond donors (Lipinski definition) is 0. The van der Waals surface area contributed by atoms with Crippen molar-refractivity contribution in [3.63, 3.8) is 0 Å². The molecule has 0 amide bonds. The summed E-state index contributed by atoms with van der Waals surface area (Å²) in [5.74, 6) is -0.890. The van der Waals surface area contributed by atoms with Gasteiger partial charge in [0.1, 0.15) is 34.8 Å². The van der Waals surface area contributed by atoms with Gasteiger partial charge in [-0.15, -0.1) is 15.0 Å². The van der Waals surface area contributed by atoms with E-state index in [0.29, 0.717) is 0 Å². The maximum absolute atomic E-state index is 9.30. The predicted molar refractivity (Wildman–Crippen MR) is 559 cm³/mol. The summed E-state index contributed by atoms with van der Waals surface area (Å²) in [7, 11) is 0. The summed E-state index contributed by atoms with van der Waals surface area (Å²) in [6.07, 6.45) is 3.74. The number of nitriles is 3. The Kier molecular flexibility index (Phi) is 19.1. The van der Waals surface area contributed by atoms with Gasteiger partial charge < -0.3 is 41.9 Å². The molecule has 0 atom stereocenters. The van der Waals surface area contributed by atoms with E-state index in [-0.39, 0.29) is 67.6 Å². The first-order valence-corrected chi connectivity index (χ1v) is 45.4. The van der Waals surface area contributed by atoms with Gasteiger partial charge in [-0.3, -0.25) is 9.97 Å². The minimum absolute atomic E-state index is 0.000622. The number of aromatic nitrogens is 14. The largest absolute Gasteiger partial charge is 0.370 e. The Morgan fingerprint density at radius 1 is 0.214 bits per heavy atom. The van der Waals surface area contributed by atoms with Gasteiger partial charge in [0.05, 0.1) is 77.2 Å². The van der Waals surface area contributed by atoms with Gasteiger partial charge in [-0.2, -0.15) is 15.8 Å². The smallest absolute Gasteiger partial charge is 0.307 e. The van der Waals surface area contributed by atoms with Gasteiger partial charge >= 0.3 is 5.82 Å². The van der Waals surface area contributed by atoms with Crippen molar-refractivity contribution >= 4 is 182 Å². The molecule has 648 valence electrons. The second-order valence-corrected chi connectivity index (χ2v) is 34.4. The molecule has 27 rings (SSSR count). The summed E-state index contributed by atoms with van der Waals surface area (Å²) >= 11 is 0. The molecule has 0 saturated heterocycles. The van der Waals surface area contributed by atoms with Crippen LogP contribution in [-0.2, 0) is 0 Å². The Balaban J connectivity index is 0.000000124. The number of benzene rings is 16. The molecule has 27 aromatic rings. The maximum Gasteiger partial charge on any atom is 0.307 e. The van der Waals surface area contributed by atoms with Crippen LogP contribution in [0.3, 0.4) is 0 Å². The molecule has 11 heterocycles. The van der Waals surface area contributed by atoms with Crippen molar-refractivity contribution in [2.75, 3.05) is 0 Å². The van der Waals surface area contributed by atoms with Gasteiger partial charge in [0.2, 0.25) is 11.0 Å². The molecular weight excluding hydrogens is 1720 g/mol. The van der Waals surface area contributed by atoms with Crippen LogP contribution in [0, 0.1) is 67.6 Å². The molecule has 0 aliphatic rings. The van der Waals surface area contributed by atoms with E-state index in [0.717, 1.165) is 56.2 Å². The highest BCUT2D eigenvalue weighted by molar-refractivity contribution is 6.20. The molecular formula is C120H68N20. The highest BCUT2D eigenvalue weighted by atomic mass is 15.1. The third-order valence-electron chi connectivity index (χ3n) is 26.7. The van der Waals surface area contributed by atoms with Gasteiger partial charge in [0, 0.05) is 100 Å². The lowest BCUT2D eigenvalue weighted by atomic mass is 9.95. The number of nitrogens with zero attached hydrogens (tertiary/aromatic N) is 20. The molecule has 0 spiro atoms. The van der Waals surface area contributed by atoms with Crippen molar-refractivity contribution in [2.45, 2.75) is 13.8 Å². The number of rotatable bonds is 9. The van der Waals surface area contributed by atoms with Crippen molar-refractivity contribution in [1.29, 1.82) is 15.8 Å². The van der Waals surface area contributed by atoms with Gasteiger partial charge in [-0.05, 0) is 222 Å². The van der Waals surface area contributed by atoms with Crippen LogP contribution in [0.2, 0.25) is 0 Å².